The van der Waals surface area contributed by atoms with Crippen molar-refractivity contribution in [1.29, 1.82) is 0 Å². The Morgan fingerprint density at radius 3 is 2.53 bits per heavy atom. The van der Waals surface area contributed by atoms with E-state index >= 15 is 0 Å². The molecule has 160 valence electrons. The molecule has 30 heavy (non-hydrogen) atoms. The third-order valence-corrected chi connectivity index (χ3v) is 5.63. The van der Waals surface area contributed by atoms with E-state index in [1.807, 2.05) is 26.8 Å². The molecule has 0 saturated carbocycles. The Morgan fingerprint density at radius 2 is 1.93 bits per heavy atom. The predicted octanol–water partition coefficient (Wildman–Crippen LogP) is 1.81. The van der Waals surface area contributed by atoms with Crippen LogP contribution < -0.4 is 10.4 Å². The van der Waals surface area contributed by atoms with Crippen molar-refractivity contribution in [2.45, 2.75) is 58.2 Å². The lowest BCUT2D eigenvalue weighted by Crippen LogP contribution is -2.52. The highest BCUT2D eigenvalue weighted by atomic mass is 16.7. The minimum absolute atomic E-state index is 0.214. The highest BCUT2D eigenvalue weighted by molar-refractivity contribution is 6.05. The number of carbonyl (C=O) groups is 4. The van der Waals surface area contributed by atoms with Crippen LogP contribution in [0.4, 0.5) is 10.5 Å². The van der Waals surface area contributed by atoms with Gasteiger partial charge in [0, 0.05) is 31.6 Å². The SMILES string of the molecule is CC(C)(C)N(OC(=O)N1CCC1)c1ccc2c(c1)CN(C1CCC(=O)NC1=O)C2=O. The van der Waals surface area contributed by atoms with Crippen molar-refractivity contribution in [3.8, 4) is 0 Å². The number of hydroxylamine groups is 1. The second kappa shape index (κ2) is 7.30. The maximum absolute atomic E-state index is 12.9. The molecule has 1 aromatic carbocycles. The zero-order chi connectivity index (χ0) is 21.6. The molecule has 9 heteroatoms. The number of hydrogen-bond acceptors (Lipinski definition) is 6. The van der Waals surface area contributed by atoms with Gasteiger partial charge in [0.1, 0.15) is 6.04 Å². The zero-order valence-corrected chi connectivity index (χ0v) is 17.4. The Hall–Kier alpha value is -3.10. The molecular formula is C21H26N4O5. The van der Waals surface area contributed by atoms with Gasteiger partial charge in [0.25, 0.3) is 5.91 Å². The number of anilines is 1. The minimum atomic E-state index is -0.658. The molecule has 0 radical (unpaired) electrons. The zero-order valence-electron chi connectivity index (χ0n) is 17.4. The van der Waals surface area contributed by atoms with Crippen molar-refractivity contribution in [3.63, 3.8) is 0 Å². The topological polar surface area (TPSA) is 99.3 Å². The molecule has 2 saturated heterocycles. The van der Waals surface area contributed by atoms with Gasteiger partial charge in [0.05, 0.1) is 11.2 Å². The number of nitrogens with zero attached hydrogens (tertiary/aromatic N) is 3. The van der Waals surface area contributed by atoms with Gasteiger partial charge in [-0.05, 0) is 57.4 Å². The van der Waals surface area contributed by atoms with Crippen LogP contribution in [-0.4, -0.2) is 58.3 Å². The molecule has 1 N–H and O–H groups in total. The van der Waals surface area contributed by atoms with E-state index in [2.05, 4.69) is 5.32 Å². The first-order chi connectivity index (χ1) is 14.1. The highest BCUT2D eigenvalue weighted by Crippen LogP contribution is 2.33. The molecule has 3 aliphatic heterocycles. The highest BCUT2D eigenvalue weighted by Gasteiger charge is 2.40. The average Bonchev–Trinajstić information content (AvgIpc) is 2.93. The van der Waals surface area contributed by atoms with Crippen molar-refractivity contribution in [2.24, 2.45) is 0 Å². The van der Waals surface area contributed by atoms with Crippen LogP contribution in [0, 0.1) is 0 Å². The van der Waals surface area contributed by atoms with Gasteiger partial charge >= 0.3 is 6.09 Å². The summed E-state index contributed by atoms with van der Waals surface area (Å²) in [7, 11) is 0. The molecule has 2 fully saturated rings. The van der Waals surface area contributed by atoms with Gasteiger partial charge in [0.15, 0.2) is 0 Å². The van der Waals surface area contributed by atoms with Crippen molar-refractivity contribution in [3.05, 3.63) is 29.3 Å². The molecule has 0 spiro atoms. The fourth-order valence-corrected chi connectivity index (χ4v) is 3.90. The Kier molecular flexibility index (Phi) is 4.91. The van der Waals surface area contributed by atoms with Gasteiger partial charge in [-0.3, -0.25) is 19.7 Å². The number of amides is 4. The average molecular weight is 414 g/mol. The Bertz CT molecular complexity index is 918. The van der Waals surface area contributed by atoms with Crippen molar-refractivity contribution >= 4 is 29.5 Å². The fourth-order valence-electron chi connectivity index (χ4n) is 3.90. The number of nitrogens with one attached hydrogen (secondary N) is 1. The van der Waals surface area contributed by atoms with Gasteiger partial charge in [0.2, 0.25) is 11.8 Å². The summed E-state index contributed by atoms with van der Waals surface area (Å²) in [5.41, 5.74) is 1.44. The first-order valence-electron chi connectivity index (χ1n) is 10.2. The summed E-state index contributed by atoms with van der Waals surface area (Å²) in [6, 6.07) is 4.62. The molecular weight excluding hydrogens is 388 g/mol. The van der Waals surface area contributed by atoms with Crippen LogP contribution in [0.1, 0.15) is 56.0 Å². The van der Waals surface area contributed by atoms with Gasteiger partial charge in [-0.15, -0.1) is 0 Å². The Labute approximate surface area is 174 Å². The van der Waals surface area contributed by atoms with E-state index < -0.39 is 23.6 Å². The van der Waals surface area contributed by atoms with Gasteiger partial charge in [-0.2, -0.15) is 5.06 Å². The first kappa shape index (κ1) is 20.2. The van der Waals surface area contributed by atoms with E-state index in [9.17, 15) is 19.2 Å². The number of rotatable bonds is 3. The first-order valence-corrected chi connectivity index (χ1v) is 10.2. The van der Waals surface area contributed by atoms with Crippen molar-refractivity contribution in [2.75, 3.05) is 18.2 Å². The van der Waals surface area contributed by atoms with Crippen LogP contribution in [0.2, 0.25) is 0 Å². The third-order valence-electron chi connectivity index (χ3n) is 5.63. The number of fused-ring (bicyclic) bond motifs is 1. The molecule has 3 aliphatic rings. The molecule has 0 bridgehead atoms. The molecule has 1 aromatic rings. The molecule has 9 nitrogen and oxygen atoms in total. The predicted molar refractivity (Wildman–Crippen MR) is 107 cm³/mol. The van der Waals surface area contributed by atoms with Crippen LogP contribution in [-0.2, 0) is 21.0 Å². The lowest BCUT2D eigenvalue weighted by Gasteiger charge is -2.38. The molecule has 1 atom stereocenters. The number of hydrogen-bond donors (Lipinski definition) is 1. The summed E-state index contributed by atoms with van der Waals surface area (Å²) in [6.07, 6.45) is 1.12. The Morgan fingerprint density at radius 1 is 1.20 bits per heavy atom. The number of carbonyl (C=O) groups excluding carboxylic acids is 4. The summed E-state index contributed by atoms with van der Waals surface area (Å²) >= 11 is 0. The lowest BCUT2D eigenvalue weighted by molar-refractivity contribution is -0.136. The van der Waals surface area contributed by atoms with Crippen LogP contribution in [0.5, 0.6) is 0 Å². The fraction of sp³-hybridized carbons (Fsp3) is 0.524. The molecule has 0 aliphatic carbocycles. The van der Waals surface area contributed by atoms with Gasteiger partial charge < -0.3 is 14.6 Å². The second-order valence-electron chi connectivity index (χ2n) is 8.90. The Balaban J connectivity index is 1.56. The maximum atomic E-state index is 12.9. The summed E-state index contributed by atoms with van der Waals surface area (Å²) in [6.45, 7) is 7.46. The molecule has 4 amide bonds. The molecule has 4 rings (SSSR count). The third kappa shape index (κ3) is 3.59. The van der Waals surface area contributed by atoms with E-state index in [1.54, 1.807) is 22.1 Å². The summed E-state index contributed by atoms with van der Waals surface area (Å²) in [4.78, 5) is 57.7. The second-order valence-corrected chi connectivity index (χ2v) is 8.90. The van der Waals surface area contributed by atoms with Crippen molar-refractivity contribution < 1.29 is 24.0 Å². The normalized spacial score (nSPS) is 21.2. The van der Waals surface area contributed by atoms with Crippen LogP contribution in [0.3, 0.4) is 0 Å². The van der Waals surface area contributed by atoms with E-state index in [-0.39, 0.29) is 24.8 Å². The smallest absolute Gasteiger partial charge is 0.322 e. The number of benzene rings is 1. The summed E-state index contributed by atoms with van der Waals surface area (Å²) in [5, 5.41) is 3.87. The molecule has 0 aromatic heterocycles. The van der Waals surface area contributed by atoms with Crippen LogP contribution in [0.25, 0.3) is 0 Å². The van der Waals surface area contributed by atoms with E-state index in [1.165, 1.54) is 4.90 Å². The molecule has 1 unspecified atom stereocenters. The lowest BCUT2D eigenvalue weighted by atomic mass is 10.0. The summed E-state index contributed by atoms with van der Waals surface area (Å²) in [5.74, 6) is -0.981. The standard InChI is InChI=1S/C21H26N4O5/c1-21(2,3)25(30-20(29)23-9-4-10-23)14-5-6-15-13(11-14)12-24(19(15)28)16-7-8-17(26)22-18(16)27/h5-6,11,16H,4,7-10,12H2,1-3H3,(H,22,26,27). The van der Waals surface area contributed by atoms with E-state index in [0.717, 1.165) is 12.0 Å². The van der Waals surface area contributed by atoms with Crippen LogP contribution in [0.15, 0.2) is 18.2 Å². The van der Waals surface area contributed by atoms with Gasteiger partial charge in [-0.25, -0.2) is 4.79 Å². The number of piperidine rings is 1. The number of imide groups is 1. The quantitative estimate of drug-likeness (QED) is 0.598. The van der Waals surface area contributed by atoms with Crippen molar-refractivity contribution in [1.82, 2.24) is 15.1 Å². The minimum Gasteiger partial charge on any atom is -0.322 e. The molecule has 3 heterocycles. The largest absolute Gasteiger partial charge is 0.434 e. The van der Waals surface area contributed by atoms with Crippen LogP contribution >= 0.6 is 0 Å². The number of likely N-dealkylation sites (tertiary alicyclic amines) is 1. The van der Waals surface area contributed by atoms with E-state index in [0.29, 0.717) is 30.8 Å². The maximum Gasteiger partial charge on any atom is 0.434 e. The van der Waals surface area contributed by atoms with E-state index in [4.69, 9.17) is 4.84 Å². The van der Waals surface area contributed by atoms with Gasteiger partial charge in [-0.1, -0.05) is 0 Å². The summed E-state index contributed by atoms with van der Waals surface area (Å²) < 4.78 is 0. The monoisotopic (exact) mass is 414 g/mol.